The van der Waals surface area contributed by atoms with Crippen LogP contribution in [0.4, 0.5) is 5.69 Å². The van der Waals surface area contributed by atoms with Gasteiger partial charge in [-0.25, -0.2) is 0 Å². The molecule has 1 atom stereocenters. The minimum Gasteiger partial charge on any atom is -0.384 e. The van der Waals surface area contributed by atoms with Crippen molar-refractivity contribution in [3.05, 3.63) is 128 Å². The molecule has 0 fully saturated rings. The molecule has 0 amide bonds. The molecule has 0 aromatic heterocycles. The molecule has 1 heterocycles. The van der Waals surface area contributed by atoms with Crippen molar-refractivity contribution >= 4 is 57.2 Å². The minimum absolute atomic E-state index is 0.0633. The molecule has 1 unspecified atom stereocenters. The highest BCUT2D eigenvalue weighted by atomic mass is 35.5. The number of anilines is 1. The number of nitrogens with zero attached hydrogens (tertiary/aromatic N) is 2. The SMILES string of the molecule is Cc1cc(C)c(C2C(C#N)=C(N)N(c3cccc4ccccc34)C3=C2C(=O)CC(C)(C)C3)cc1CSc1cc(Cl)ccc1Cl. The Balaban J connectivity index is 1.53. The van der Waals surface area contributed by atoms with Gasteiger partial charge in [0, 0.05) is 38.7 Å². The van der Waals surface area contributed by atoms with E-state index >= 15 is 0 Å². The first kappa shape index (κ1) is 30.3. The molecule has 2 N–H and O–H groups in total. The van der Waals surface area contributed by atoms with Crippen LogP contribution in [0.3, 0.4) is 0 Å². The van der Waals surface area contributed by atoms with E-state index in [1.54, 1.807) is 23.9 Å². The molecule has 0 spiro atoms. The summed E-state index contributed by atoms with van der Waals surface area (Å²) in [7, 11) is 0. The van der Waals surface area contributed by atoms with Gasteiger partial charge in [0.25, 0.3) is 0 Å². The number of ketones is 1. The Hall–Kier alpha value is -3.69. The molecular weight excluding hydrogens is 605 g/mol. The van der Waals surface area contributed by atoms with Crippen molar-refractivity contribution in [3.63, 3.8) is 0 Å². The molecule has 0 saturated heterocycles. The van der Waals surface area contributed by atoms with E-state index in [4.69, 9.17) is 28.9 Å². The minimum atomic E-state index is -0.552. The summed E-state index contributed by atoms with van der Waals surface area (Å²) < 4.78 is 0. The number of hydrogen-bond acceptors (Lipinski definition) is 5. The summed E-state index contributed by atoms with van der Waals surface area (Å²) in [6, 6.07) is 26.4. The second-order valence-electron chi connectivity index (χ2n) is 12.5. The summed E-state index contributed by atoms with van der Waals surface area (Å²) in [4.78, 5) is 17.1. The number of Topliss-reactive ketones (excluding diaryl/α,β-unsaturated/α-hetero) is 1. The number of nitrogens with two attached hydrogens (primary N) is 1. The van der Waals surface area contributed by atoms with E-state index in [0.29, 0.717) is 45.6 Å². The van der Waals surface area contributed by atoms with Crippen LogP contribution in [0.5, 0.6) is 0 Å². The van der Waals surface area contributed by atoms with Crippen LogP contribution in [0, 0.1) is 30.6 Å². The first-order valence-corrected chi connectivity index (χ1v) is 16.3. The van der Waals surface area contributed by atoms with Crippen molar-refractivity contribution < 1.29 is 4.79 Å². The molecule has 0 saturated carbocycles. The lowest BCUT2D eigenvalue weighted by Crippen LogP contribution is -2.42. The van der Waals surface area contributed by atoms with E-state index in [-0.39, 0.29) is 11.2 Å². The van der Waals surface area contributed by atoms with Gasteiger partial charge in [-0.05, 0) is 77.6 Å². The van der Waals surface area contributed by atoms with E-state index in [0.717, 1.165) is 49.3 Å². The molecule has 1 aliphatic heterocycles. The Labute approximate surface area is 273 Å². The number of allylic oxidation sites excluding steroid dienone is 3. The smallest absolute Gasteiger partial charge is 0.162 e. The number of benzene rings is 4. The maximum Gasteiger partial charge on any atom is 0.162 e. The number of carbonyl (C=O) groups is 1. The van der Waals surface area contributed by atoms with Crippen molar-refractivity contribution in [3.8, 4) is 6.07 Å². The summed E-state index contributed by atoms with van der Waals surface area (Å²) in [5.74, 6) is 0.541. The number of thioether (sulfide) groups is 1. The zero-order valence-corrected chi connectivity index (χ0v) is 27.5. The number of hydrogen-bond donors (Lipinski definition) is 1. The normalized spacial score (nSPS) is 18.1. The van der Waals surface area contributed by atoms with Crippen molar-refractivity contribution in [2.24, 2.45) is 11.1 Å². The molecule has 4 aromatic carbocycles. The standard InChI is InChI=1S/C37H33Cl2N3OS/c1-21-14-22(2)27(15-24(21)20-44-33-16-25(38)12-13-29(33)39)34-28(19-40)36(41)42(31-17-37(3,4)18-32(43)35(31)34)30-11-7-9-23-8-5-6-10-26(23)30/h5-16,34H,17-18,20,41H2,1-4H3. The Morgan fingerprint density at radius 3 is 2.52 bits per heavy atom. The van der Waals surface area contributed by atoms with Gasteiger partial charge in [-0.2, -0.15) is 5.26 Å². The highest BCUT2D eigenvalue weighted by Crippen LogP contribution is 2.51. The summed E-state index contributed by atoms with van der Waals surface area (Å²) in [5, 5.41) is 14.1. The first-order chi connectivity index (χ1) is 21.0. The predicted molar refractivity (Wildman–Crippen MR) is 183 cm³/mol. The number of aryl methyl sites for hydroxylation is 2. The fourth-order valence-electron chi connectivity index (χ4n) is 6.62. The molecule has 4 nitrogen and oxygen atoms in total. The van der Waals surface area contributed by atoms with Gasteiger partial charge in [-0.15, -0.1) is 11.8 Å². The first-order valence-electron chi connectivity index (χ1n) is 14.6. The van der Waals surface area contributed by atoms with Gasteiger partial charge in [-0.1, -0.05) is 85.6 Å². The topological polar surface area (TPSA) is 70.1 Å². The number of halogens is 2. The number of rotatable bonds is 5. The zero-order valence-electron chi connectivity index (χ0n) is 25.2. The average molecular weight is 639 g/mol. The van der Waals surface area contributed by atoms with E-state index in [2.05, 4.69) is 57.2 Å². The highest BCUT2D eigenvalue weighted by Gasteiger charge is 2.45. The molecule has 0 radical (unpaired) electrons. The molecule has 4 aromatic rings. The summed E-state index contributed by atoms with van der Waals surface area (Å²) in [6.45, 7) is 8.38. The molecule has 44 heavy (non-hydrogen) atoms. The molecule has 2 aliphatic rings. The maximum absolute atomic E-state index is 14.2. The second-order valence-corrected chi connectivity index (χ2v) is 14.3. The third-order valence-corrected chi connectivity index (χ3v) is 10.5. The van der Waals surface area contributed by atoms with Gasteiger partial charge in [-0.3, -0.25) is 9.69 Å². The van der Waals surface area contributed by atoms with Crippen LogP contribution in [0.2, 0.25) is 10.0 Å². The molecule has 7 heteroatoms. The molecule has 222 valence electrons. The Kier molecular flexibility index (Phi) is 8.05. The number of carbonyl (C=O) groups excluding carboxylic acids is 1. The van der Waals surface area contributed by atoms with Crippen molar-refractivity contribution in [2.75, 3.05) is 4.90 Å². The van der Waals surface area contributed by atoms with Gasteiger partial charge in [0.05, 0.1) is 28.3 Å². The molecule has 6 rings (SSSR count). The van der Waals surface area contributed by atoms with Crippen LogP contribution >= 0.6 is 35.0 Å². The number of fused-ring (bicyclic) bond motifs is 1. The zero-order chi connectivity index (χ0) is 31.3. The van der Waals surface area contributed by atoms with Crippen LogP contribution < -0.4 is 10.6 Å². The molecular formula is C37H33Cl2N3OS. The Bertz CT molecular complexity index is 1950. The Morgan fingerprint density at radius 2 is 1.75 bits per heavy atom. The van der Waals surface area contributed by atoms with Crippen molar-refractivity contribution in [1.29, 1.82) is 5.26 Å². The van der Waals surface area contributed by atoms with Crippen molar-refractivity contribution in [2.45, 2.75) is 57.1 Å². The van der Waals surface area contributed by atoms with E-state index < -0.39 is 5.92 Å². The van der Waals surface area contributed by atoms with Crippen LogP contribution in [-0.2, 0) is 10.5 Å². The van der Waals surface area contributed by atoms with Gasteiger partial charge >= 0.3 is 0 Å². The van der Waals surface area contributed by atoms with Crippen LogP contribution in [0.15, 0.2) is 100 Å². The maximum atomic E-state index is 14.2. The van der Waals surface area contributed by atoms with Gasteiger partial charge < -0.3 is 5.73 Å². The fraction of sp³-hybridized carbons (Fsp3) is 0.243. The second kappa shape index (κ2) is 11.7. The van der Waals surface area contributed by atoms with Gasteiger partial charge in [0.2, 0.25) is 0 Å². The van der Waals surface area contributed by atoms with E-state index in [1.165, 1.54) is 0 Å². The third-order valence-electron chi connectivity index (χ3n) is 8.70. The van der Waals surface area contributed by atoms with E-state index in [1.807, 2.05) is 42.2 Å². The van der Waals surface area contributed by atoms with Crippen LogP contribution in [0.1, 0.15) is 54.9 Å². The average Bonchev–Trinajstić information content (AvgIpc) is 2.97. The van der Waals surface area contributed by atoms with E-state index in [9.17, 15) is 10.1 Å². The number of nitriles is 1. The van der Waals surface area contributed by atoms with Crippen molar-refractivity contribution in [1.82, 2.24) is 0 Å². The van der Waals surface area contributed by atoms with Gasteiger partial charge in [0.1, 0.15) is 5.82 Å². The fourth-order valence-corrected chi connectivity index (χ4v) is 8.18. The van der Waals surface area contributed by atoms with Crippen LogP contribution in [0.25, 0.3) is 10.8 Å². The summed E-state index contributed by atoms with van der Waals surface area (Å²) in [6.07, 6.45) is 1.07. The monoisotopic (exact) mass is 637 g/mol. The van der Waals surface area contributed by atoms with Gasteiger partial charge in [0.15, 0.2) is 5.78 Å². The highest BCUT2D eigenvalue weighted by molar-refractivity contribution is 7.98. The summed E-state index contributed by atoms with van der Waals surface area (Å²) in [5.41, 5.74) is 13.8. The third kappa shape index (κ3) is 5.41. The molecule has 0 bridgehead atoms. The predicted octanol–water partition coefficient (Wildman–Crippen LogP) is 10.00. The quantitative estimate of drug-likeness (QED) is 0.220. The lowest BCUT2D eigenvalue weighted by atomic mass is 9.68. The lowest BCUT2D eigenvalue weighted by molar-refractivity contribution is -0.118. The largest absolute Gasteiger partial charge is 0.384 e. The van der Waals surface area contributed by atoms with Crippen LogP contribution in [-0.4, -0.2) is 5.78 Å². The lowest BCUT2D eigenvalue weighted by Gasteiger charge is -2.44. The summed E-state index contributed by atoms with van der Waals surface area (Å²) >= 11 is 14.3. The Morgan fingerprint density at radius 1 is 1.00 bits per heavy atom. The molecule has 1 aliphatic carbocycles.